The number of carbonyl (C=O) groups excluding carboxylic acids is 1. The van der Waals surface area contributed by atoms with E-state index in [1.807, 2.05) is 33.5 Å². The Hall–Kier alpha value is -1.66. The number of thiazole rings is 1. The van der Waals surface area contributed by atoms with Gasteiger partial charge in [0.1, 0.15) is 11.4 Å². The predicted octanol–water partition coefficient (Wildman–Crippen LogP) is 2.48. The molecule has 0 radical (unpaired) electrons. The molecule has 1 N–H and O–H groups in total. The van der Waals surface area contributed by atoms with E-state index in [1.165, 1.54) is 11.3 Å². The second kappa shape index (κ2) is 3.97. The van der Waals surface area contributed by atoms with Gasteiger partial charge in [-0.05, 0) is 11.4 Å². The molecule has 0 saturated carbocycles. The largest absolute Gasteiger partial charge is 0.354 e. The minimum Gasteiger partial charge on any atom is -0.354 e. The van der Waals surface area contributed by atoms with Gasteiger partial charge in [0, 0.05) is 18.6 Å². The maximum absolute atomic E-state index is 11.6. The van der Waals surface area contributed by atoms with Crippen molar-refractivity contribution in [2.45, 2.75) is 0 Å². The summed E-state index contributed by atoms with van der Waals surface area (Å²) < 4.78 is 1.83. The first-order valence-corrected chi connectivity index (χ1v) is 6.78. The van der Waals surface area contributed by atoms with E-state index in [2.05, 4.69) is 10.3 Å². The lowest BCUT2D eigenvalue weighted by molar-refractivity contribution is 0.0957. The van der Waals surface area contributed by atoms with Gasteiger partial charge < -0.3 is 5.32 Å². The number of aromatic nitrogens is 2. The van der Waals surface area contributed by atoms with E-state index in [1.54, 1.807) is 18.4 Å². The quantitative estimate of drug-likeness (QED) is 0.772. The summed E-state index contributed by atoms with van der Waals surface area (Å²) in [5.74, 6) is -0.0913. The number of hydrogen-bond donors (Lipinski definition) is 1. The predicted molar refractivity (Wildman–Crippen MR) is 69.8 cm³/mol. The molecule has 3 aromatic heterocycles. The van der Waals surface area contributed by atoms with Crippen LogP contribution in [0.3, 0.4) is 0 Å². The number of fused-ring (bicyclic) bond motifs is 1. The van der Waals surface area contributed by atoms with E-state index in [-0.39, 0.29) is 5.91 Å². The van der Waals surface area contributed by atoms with Crippen LogP contribution in [0.5, 0.6) is 0 Å². The van der Waals surface area contributed by atoms with Crippen LogP contribution >= 0.6 is 22.7 Å². The molecule has 1 amide bonds. The van der Waals surface area contributed by atoms with E-state index < -0.39 is 0 Å². The van der Waals surface area contributed by atoms with Crippen molar-refractivity contribution in [1.29, 1.82) is 0 Å². The molecule has 17 heavy (non-hydrogen) atoms. The summed E-state index contributed by atoms with van der Waals surface area (Å²) in [5.41, 5.74) is 1.54. The van der Waals surface area contributed by atoms with Gasteiger partial charge in [0.15, 0.2) is 4.96 Å². The van der Waals surface area contributed by atoms with Crippen LogP contribution in [0.1, 0.15) is 10.5 Å². The topological polar surface area (TPSA) is 46.4 Å². The maximum atomic E-state index is 11.6. The summed E-state index contributed by atoms with van der Waals surface area (Å²) in [7, 11) is 1.63. The van der Waals surface area contributed by atoms with Crippen molar-refractivity contribution < 1.29 is 4.79 Å². The van der Waals surface area contributed by atoms with Crippen molar-refractivity contribution in [1.82, 2.24) is 14.7 Å². The number of nitrogens with one attached hydrogen (secondary N) is 1. The lowest BCUT2D eigenvalue weighted by atomic mass is 10.4. The monoisotopic (exact) mass is 263 g/mol. The zero-order valence-electron chi connectivity index (χ0n) is 9.01. The van der Waals surface area contributed by atoms with Gasteiger partial charge >= 0.3 is 0 Å². The van der Waals surface area contributed by atoms with Crippen LogP contribution in [0.2, 0.25) is 0 Å². The molecule has 3 heterocycles. The Balaban J connectivity index is 2.14. The molecule has 6 heteroatoms. The highest BCUT2D eigenvalue weighted by Crippen LogP contribution is 2.26. The lowest BCUT2D eigenvalue weighted by Gasteiger charge is -1.95. The number of imidazole rings is 1. The molecule has 0 unspecified atom stereocenters. The molecule has 0 saturated heterocycles. The molecular weight excluding hydrogens is 254 g/mol. The highest BCUT2D eigenvalue weighted by atomic mass is 32.1. The van der Waals surface area contributed by atoms with Gasteiger partial charge in [-0.25, -0.2) is 4.98 Å². The Morgan fingerprint density at radius 2 is 2.35 bits per heavy atom. The Bertz CT molecular complexity index is 666. The van der Waals surface area contributed by atoms with Crippen molar-refractivity contribution in [3.63, 3.8) is 0 Å². The van der Waals surface area contributed by atoms with Crippen molar-refractivity contribution in [3.8, 4) is 10.6 Å². The van der Waals surface area contributed by atoms with Gasteiger partial charge in [-0.15, -0.1) is 22.7 Å². The van der Waals surface area contributed by atoms with Gasteiger partial charge in [-0.1, -0.05) is 6.07 Å². The van der Waals surface area contributed by atoms with Crippen molar-refractivity contribution in [2.75, 3.05) is 7.05 Å². The molecule has 0 aliphatic carbocycles. The zero-order valence-corrected chi connectivity index (χ0v) is 10.6. The number of amides is 1. The molecule has 0 fully saturated rings. The minimum atomic E-state index is -0.0913. The summed E-state index contributed by atoms with van der Waals surface area (Å²) >= 11 is 3.11. The third-order valence-electron chi connectivity index (χ3n) is 2.44. The number of carbonyl (C=O) groups is 1. The van der Waals surface area contributed by atoms with Crippen molar-refractivity contribution in [2.24, 2.45) is 0 Å². The van der Waals surface area contributed by atoms with E-state index in [4.69, 9.17) is 0 Å². The fourth-order valence-electron chi connectivity index (χ4n) is 1.62. The Morgan fingerprint density at radius 3 is 3.06 bits per heavy atom. The van der Waals surface area contributed by atoms with E-state index in [9.17, 15) is 4.79 Å². The second-order valence-corrected chi connectivity index (χ2v) is 5.24. The first-order valence-electron chi connectivity index (χ1n) is 5.02. The van der Waals surface area contributed by atoms with Gasteiger partial charge in [0.25, 0.3) is 5.91 Å². The molecule has 0 aromatic carbocycles. The molecule has 0 atom stereocenters. The highest BCUT2D eigenvalue weighted by Gasteiger charge is 2.14. The first-order chi connectivity index (χ1) is 8.29. The highest BCUT2D eigenvalue weighted by molar-refractivity contribution is 7.15. The molecule has 0 spiro atoms. The number of rotatable bonds is 2. The van der Waals surface area contributed by atoms with Crippen LogP contribution in [-0.4, -0.2) is 22.3 Å². The summed E-state index contributed by atoms with van der Waals surface area (Å²) in [6, 6.07) is 4.02. The zero-order chi connectivity index (χ0) is 11.8. The fraction of sp³-hybridized carbons (Fsp3) is 0.0909. The molecule has 0 aliphatic rings. The molecule has 3 rings (SSSR count). The molecule has 0 aliphatic heterocycles. The smallest absolute Gasteiger partial charge is 0.268 e. The maximum Gasteiger partial charge on any atom is 0.268 e. The number of nitrogens with zero attached hydrogens (tertiary/aromatic N) is 2. The van der Waals surface area contributed by atoms with Crippen LogP contribution in [0.4, 0.5) is 0 Å². The Morgan fingerprint density at radius 1 is 1.47 bits per heavy atom. The summed E-state index contributed by atoms with van der Waals surface area (Å²) in [5, 5.41) is 6.46. The Kier molecular flexibility index (Phi) is 2.45. The summed E-state index contributed by atoms with van der Waals surface area (Å²) in [6.45, 7) is 0. The second-order valence-electron chi connectivity index (χ2n) is 3.46. The van der Waals surface area contributed by atoms with Crippen LogP contribution in [0.15, 0.2) is 29.1 Å². The van der Waals surface area contributed by atoms with E-state index in [0.29, 0.717) is 5.69 Å². The van der Waals surface area contributed by atoms with Crippen LogP contribution < -0.4 is 5.32 Å². The minimum absolute atomic E-state index is 0.0913. The van der Waals surface area contributed by atoms with Gasteiger partial charge in [-0.2, -0.15) is 0 Å². The van der Waals surface area contributed by atoms with Crippen LogP contribution in [0, 0.1) is 0 Å². The number of hydrogen-bond acceptors (Lipinski definition) is 4. The molecule has 4 nitrogen and oxygen atoms in total. The van der Waals surface area contributed by atoms with Crippen molar-refractivity contribution in [3.05, 3.63) is 34.8 Å². The SMILES string of the molecule is CNC(=O)c1csc2nc(-c3cccs3)cn12. The molecular formula is C11H9N3OS2. The van der Waals surface area contributed by atoms with Gasteiger partial charge in [0.2, 0.25) is 0 Å². The third-order valence-corrected chi connectivity index (χ3v) is 4.17. The normalized spacial score (nSPS) is 10.9. The standard InChI is InChI=1S/C11H9N3OS2/c1-12-10(15)8-6-17-11-13-7(5-14(8)11)9-3-2-4-16-9/h2-6H,1H3,(H,12,15). The van der Waals surface area contributed by atoms with Gasteiger partial charge in [0.05, 0.1) is 4.88 Å². The third kappa shape index (κ3) is 1.65. The average Bonchev–Trinajstić information content (AvgIpc) is 3.02. The van der Waals surface area contributed by atoms with E-state index >= 15 is 0 Å². The molecule has 86 valence electrons. The van der Waals surface area contributed by atoms with Gasteiger partial charge in [-0.3, -0.25) is 9.20 Å². The Labute approximate surface area is 106 Å². The fourth-order valence-corrected chi connectivity index (χ4v) is 3.15. The lowest BCUT2D eigenvalue weighted by Crippen LogP contribution is -2.19. The first kappa shape index (κ1) is 10.5. The summed E-state index contributed by atoms with van der Waals surface area (Å²) in [4.78, 5) is 18.1. The number of thiophene rings is 1. The van der Waals surface area contributed by atoms with Crippen LogP contribution in [-0.2, 0) is 0 Å². The van der Waals surface area contributed by atoms with Crippen LogP contribution in [0.25, 0.3) is 15.5 Å². The van der Waals surface area contributed by atoms with E-state index in [0.717, 1.165) is 15.5 Å². The summed E-state index contributed by atoms with van der Waals surface area (Å²) in [6.07, 6.45) is 1.90. The average molecular weight is 263 g/mol. The van der Waals surface area contributed by atoms with Crippen molar-refractivity contribution >= 4 is 33.5 Å². The molecule has 0 bridgehead atoms. The molecule has 3 aromatic rings.